The number of nitrogens with one attached hydrogen (secondary N) is 2. The average molecular weight is 390 g/mol. The monoisotopic (exact) mass is 389 g/mol. The van der Waals surface area contributed by atoms with Crippen LogP contribution in [0.1, 0.15) is 18.5 Å². The highest BCUT2D eigenvalue weighted by Gasteiger charge is 2.20. The molecule has 1 saturated heterocycles. The molecule has 0 unspecified atom stereocenters. The van der Waals surface area contributed by atoms with Gasteiger partial charge in [0.2, 0.25) is 0 Å². The zero-order valence-electron chi connectivity index (χ0n) is 15.6. The van der Waals surface area contributed by atoms with Gasteiger partial charge in [-0.1, -0.05) is 53.8 Å². The maximum atomic E-state index is 4.71. The molecule has 4 aromatic rings. The number of anilines is 1. The van der Waals surface area contributed by atoms with E-state index in [1.54, 1.807) is 11.3 Å². The van der Waals surface area contributed by atoms with Gasteiger partial charge in [-0.05, 0) is 25.0 Å². The summed E-state index contributed by atoms with van der Waals surface area (Å²) in [5.74, 6) is 0.947. The van der Waals surface area contributed by atoms with Crippen molar-refractivity contribution in [1.29, 1.82) is 0 Å². The van der Waals surface area contributed by atoms with Gasteiger partial charge in [0, 0.05) is 43.1 Å². The minimum absolute atomic E-state index is 0.499. The number of aromatic amines is 1. The van der Waals surface area contributed by atoms with Crippen LogP contribution in [0.15, 0.2) is 60.8 Å². The largest absolute Gasteiger partial charge is 0.359 e. The Morgan fingerprint density at radius 3 is 2.64 bits per heavy atom. The number of hydrogen-bond donors (Lipinski definition) is 2. The normalized spacial score (nSPS) is 15.9. The fraction of sp³-hybridized carbons (Fsp3) is 0.273. The summed E-state index contributed by atoms with van der Waals surface area (Å²) in [5.41, 5.74) is 3.39. The van der Waals surface area contributed by atoms with E-state index in [0.29, 0.717) is 6.04 Å². The second-order valence-corrected chi connectivity index (χ2v) is 8.34. The maximum absolute atomic E-state index is 4.71. The van der Waals surface area contributed by atoms with E-state index in [1.807, 2.05) is 30.5 Å². The van der Waals surface area contributed by atoms with Crippen LogP contribution in [0.25, 0.3) is 21.6 Å². The minimum Gasteiger partial charge on any atom is -0.359 e. The van der Waals surface area contributed by atoms with Crippen LogP contribution >= 0.6 is 11.3 Å². The molecule has 2 aromatic carbocycles. The summed E-state index contributed by atoms with van der Waals surface area (Å²) in [6, 6.07) is 19.1. The number of aromatic nitrogens is 3. The molecule has 5 nitrogen and oxygen atoms in total. The van der Waals surface area contributed by atoms with Gasteiger partial charge < -0.3 is 10.3 Å². The molecule has 0 radical (unpaired) electrons. The van der Waals surface area contributed by atoms with Crippen LogP contribution in [0, 0.1) is 0 Å². The fourth-order valence-corrected chi connectivity index (χ4v) is 4.71. The smallest absolute Gasteiger partial charge is 0.184 e. The third-order valence-corrected chi connectivity index (χ3v) is 6.25. The molecule has 5 rings (SSSR count). The number of H-pyrrole nitrogens is 1. The molecule has 2 N–H and O–H groups in total. The Balaban J connectivity index is 1.16. The van der Waals surface area contributed by atoms with Crippen LogP contribution in [0.3, 0.4) is 0 Å². The standard InChI is InChI=1S/C22H23N5S/c1-2-6-16(7-3-1)21-23-14-18(24-21)15-27-12-10-17(11-13-27)25-22-26-19-8-4-5-9-20(19)28-22/h1-9,14,17H,10-13,15H2,(H,23,24)(H,25,26). The van der Waals surface area contributed by atoms with E-state index >= 15 is 0 Å². The van der Waals surface area contributed by atoms with Gasteiger partial charge in [-0.2, -0.15) is 0 Å². The zero-order chi connectivity index (χ0) is 18.8. The van der Waals surface area contributed by atoms with Crippen LogP contribution in [0.4, 0.5) is 5.13 Å². The number of thiazole rings is 1. The van der Waals surface area contributed by atoms with E-state index in [0.717, 1.165) is 54.5 Å². The lowest BCUT2D eigenvalue weighted by molar-refractivity contribution is 0.209. The summed E-state index contributed by atoms with van der Waals surface area (Å²) in [4.78, 5) is 15.2. The molecule has 2 aromatic heterocycles. The number of nitrogens with zero attached hydrogens (tertiary/aromatic N) is 3. The van der Waals surface area contributed by atoms with Gasteiger partial charge in [-0.3, -0.25) is 4.90 Å². The van der Waals surface area contributed by atoms with Crippen LogP contribution in [-0.4, -0.2) is 39.0 Å². The molecule has 0 aliphatic carbocycles. The van der Waals surface area contributed by atoms with Crippen molar-refractivity contribution in [1.82, 2.24) is 19.9 Å². The van der Waals surface area contributed by atoms with E-state index in [1.165, 1.54) is 10.4 Å². The topological polar surface area (TPSA) is 56.8 Å². The quantitative estimate of drug-likeness (QED) is 0.517. The zero-order valence-corrected chi connectivity index (χ0v) is 16.5. The van der Waals surface area contributed by atoms with Crippen molar-refractivity contribution >= 4 is 26.7 Å². The highest BCUT2D eigenvalue weighted by molar-refractivity contribution is 7.22. The van der Waals surface area contributed by atoms with Crippen molar-refractivity contribution in [3.05, 3.63) is 66.5 Å². The van der Waals surface area contributed by atoms with Crippen LogP contribution in [-0.2, 0) is 6.54 Å². The molecule has 1 aliphatic rings. The van der Waals surface area contributed by atoms with Gasteiger partial charge in [0.15, 0.2) is 5.13 Å². The summed E-state index contributed by atoms with van der Waals surface area (Å²) in [5, 5.41) is 4.68. The molecular formula is C22H23N5S. The summed E-state index contributed by atoms with van der Waals surface area (Å²) in [7, 11) is 0. The molecule has 6 heteroatoms. The molecular weight excluding hydrogens is 366 g/mol. The lowest BCUT2D eigenvalue weighted by Gasteiger charge is -2.31. The fourth-order valence-electron chi connectivity index (χ4n) is 3.77. The van der Waals surface area contributed by atoms with Crippen LogP contribution in [0.2, 0.25) is 0 Å². The second-order valence-electron chi connectivity index (χ2n) is 7.30. The van der Waals surface area contributed by atoms with Gasteiger partial charge in [0.05, 0.1) is 10.2 Å². The Morgan fingerprint density at radius 1 is 1.04 bits per heavy atom. The summed E-state index contributed by atoms with van der Waals surface area (Å²) in [6.07, 6.45) is 4.24. The number of imidazole rings is 1. The SMILES string of the molecule is c1ccc(-c2ncc(CN3CCC(Nc4nc5ccccc5s4)CC3)[nH]2)cc1. The molecule has 1 fully saturated rings. The van der Waals surface area contributed by atoms with Crippen molar-refractivity contribution in [2.45, 2.75) is 25.4 Å². The third kappa shape index (κ3) is 3.79. The number of hydrogen-bond acceptors (Lipinski definition) is 5. The molecule has 0 bridgehead atoms. The first-order valence-electron chi connectivity index (χ1n) is 9.77. The highest BCUT2D eigenvalue weighted by Crippen LogP contribution is 2.27. The van der Waals surface area contributed by atoms with E-state index in [2.05, 4.69) is 50.5 Å². The van der Waals surface area contributed by atoms with E-state index in [9.17, 15) is 0 Å². The van der Waals surface area contributed by atoms with Crippen LogP contribution < -0.4 is 5.32 Å². The van der Waals surface area contributed by atoms with Crippen LogP contribution in [0.5, 0.6) is 0 Å². The molecule has 0 saturated carbocycles. The number of para-hydroxylation sites is 1. The van der Waals surface area contributed by atoms with Crippen molar-refractivity contribution < 1.29 is 0 Å². The molecule has 0 atom stereocenters. The van der Waals surface area contributed by atoms with Gasteiger partial charge >= 0.3 is 0 Å². The minimum atomic E-state index is 0.499. The lowest BCUT2D eigenvalue weighted by atomic mass is 10.1. The number of benzene rings is 2. The van der Waals surface area contributed by atoms with Gasteiger partial charge in [0.25, 0.3) is 0 Å². The average Bonchev–Trinajstić information content (AvgIpc) is 3.36. The van der Waals surface area contributed by atoms with Gasteiger partial charge in [-0.15, -0.1) is 0 Å². The first-order chi connectivity index (χ1) is 13.8. The lowest BCUT2D eigenvalue weighted by Crippen LogP contribution is -2.38. The maximum Gasteiger partial charge on any atom is 0.184 e. The van der Waals surface area contributed by atoms with Gasteiger partial charge in [-0.25, -0.2) is 9.97 Å². The Hall–Kier alpha value is -2.70. The van der Waals surface area contributed by atoms with Crippen molar-refractivity contribution in [3.63, 3.8) is 0 Å². The molecule has 28 heavy (non-hydrogen) atoms. The van der Waals surface area contributed by atoms with Crippen molar-refractivity contribution in [2.75, 3.05) is 18.4 Å². The molecule has 142 valence electrons. The van der Waals surface area contributed by atoms with E-state index in [-0.39, 0.29) is 0 Å². The molecule has 3 heterocycles. The Morgan fingerprint density at radius 2 is 1.82 bits per heavy atom. The number of likely N-dealkylation sites (tertiary alicyclic amines) is 1. The third-order valence-electron chi connectivity index (χ3n) is 5.28. The predicted octanol–water partition coefficient (Wildman–Crippen LogP) is 4.76. The molecule has 0 amide bonds. The predicted molar refractivity (Wildman–Crippen MR) is 116 cm³/mol. The Bertz CT molecular complexity index is 1010. The summed E-state index contributed by atoms with van der Waals surface area (Å²) < 4.78 is 1.25. The number of piperidine rings is 1. The van der Waals surface area contributed by atoms with Gasteiger partial charge in [0.1, 0.15) is 5.82 Å². The molecule has 1 aliphatic heterocycles. The highest BCUT2D eigenvalue weighted by atomic mass is 32.1. The van der Waals surface area contributed by atoms with E-state index < -0.39 is 0 Å². The summed E-state index contributed by atoms with van der Waals surface area (Å²) in [6.45, 7) is 3.10. The Kier molecular flexibility index (Phi) is 4.81. The van der Waals surface area contributed by atoms with E-state index in [4.69, 9.17) is 4.98 Å². The first kappa shape index (κ1) is 17.4. The summed E-state index contributed by atoms with van der Waals surface area (Å²) >= 11 is 1.75. The number of fused-ring (bicyclic) bond motifs is 1. The number of rotatable bonds is 5. The van der Waals surface area contributed by atoms with Crippen molar-refractivity contribution in [3.8, 4) is 11.4 Å². The Labute approximate surface area is 168 Å². The first-order valence-corrected chi connectivity index (χ1v) is 10.6. The second kappa shape index (κ2) is 7.73. The molecule has 0 spiro atoms. The van der Waals surface area contributed by atoms with Crippen molar-refractivity contribution in [2.24, 2.45) is 0 Å².